The van der Waals surface area contributed by atoms with Crippen LogP contribution in [0.4, 0.5) is 17.1 Å². The van der Waals surface area contributed by atoms with Crippen LogP contribution in [0, 0.1) is 21.4 Å². The molecule has 0 radical (unpaired) electrons. The van der Waals surface area contributed by atoms with Gasteiger partial charge in [-0.15, -0.1) is 0 Å². The highest BCUT2D eigenvalue weighted by atomic mass is 32.2. The normalized spacial score (nSPS) is 26.2. The Balaban J connectivity index is 0.852. The molecule has 3 aromatic carbocycles. The molecule has 75 heavy (non-hydrogen) atoms. The number of rotatable bonds is 14. The zero-order valence-corrected chi connectivity index (χ0v) is 44.1. The number of benzene rings is 3. The lowest BCUT2D eigenvalue weighted by Crippen LogP contribution is -2.54. The van der Waals surface area contributed by atoms with Gasteiger partial charge in [0.15, 0.2) is 17.2 Å². The van der Waals surface area contributed by atoms with Crippen LogP contribution in [0.25, 0.3) is 11.0 Å². The number of nitrogens with zero attached hydrogens (tertiary/aromatic N) is 5. The third kappa shape index (κ3) is 10.3. The molecule has 6 aliphatic rings. The molecule has 5 N–H and O–H groups in total. The molecule has 2 aromatic heterocycles. The summed E-state index contributed by atoms with van der Waals surface area (Å²) in [7, 11) is -2.82. The Morgan fingerprint density at radius 1 is 1.01 bits per heavy atom. The fraction of sp³-hybridized carbons (Fsp3) is 0.536. The van der Waals surface area contributed by atoms with Gasteiger partial charge in [-0.2, -0.15) is 4.98 Å². The number of aromatic amines is 1. The lowest BCUT2D eigenvalue weighted by molar-refractivity contribution is -0.384. The summed E-state index contributed by atoms with van der Waals surface area (Å²) in [6.07, 6.45) is 11.3. The molecule has 4 aliphatic heterocycles. The summed E-state index contributed by atoms with van der Waals surface area (Å²) in [5.41, 5.74) is 3.23. The zero-order chi connectivity index (χ0) is 52.4. The van der Waals surface area contributed by atoms with Crippen LogP contribution in [-0.2, 0) is 10.0 Å². The molecule has 18 nitrogen and oxygen atoms in total. The Morgan fingerprint density at radius 3 is 2.52 bits per heavy atom. The standard InChI is InChI=1S/C56H70N8O10S/c1-34(2)42-8-5-6-9-43(42)46-10-7-21-63(46)39-29-56(30-39)18-22-62(23-19-56)37-11-12-44(48(26-37)74-50-24-36-15-20-57-52(36)59-54(50)73-40-25-38(32-65)61(4)31-40)53(66)60-75(70,71)41-27-47(64(68)69)51-49(28-41)72-33-45(58-51)35-13-16-55(3,67)17-14-35/h5-6,8-9,11-12,15,20,24,26-28,34-35,38-40,45-46,58,65,67H,7,10,13-14,16-19,21-23,25,29-33H2,1-4H3,(H,57,59)(H,60,66)/t35-,38-,40+,45+,46-,55-/m0/s1. The lowest BCUT2D eigenvalue weighted by atomic mass is 9.59. The van der Waals surface area contributed by atoms with Gasteiger partial charge in [0.05, 0.1) is 33.6 Å². The number of carbonyl (C=O) groups excluding carboxylic acids is 1. The van der Waals surface area contributed by atoms with Crippen molar-refractivity contribution >= 4 is 44.0 Å². The van der Waals surface area contributed by atoms with Crippen molar-refractivity contribution in [1.29, 1.82) is 0 Å². The molecule has 5 fully saturated rings. The highest BCUT2D eigenvalue weighted by molar-refractivity contribution is 7.90. The molecule has 4 atom stereocenters. The number of nitro benzene ring substituents is 1. The van der Waals surface area contributed by atoms with Gasteiger partial charge in [-0.3, -0.25) is 24.7 Å². The minimum atomic E-state index is -4.74. The molecule has 0 unspecified atom stereocenters. The van der Waals surface area contributed by atoms with Crippen molar-refractivity contribution in [2.45, 2.75) is 138 Å². The first-order valence-electron chi connectivity index (χ1n) is 26.8. The van der Waals surface area contributed by atoms with E-state index in [4.69, 9.17) is 19.2 Å². The molecular weight excluding hydrogens is 977 g/mol. The summed E-state index contributed by atoms with van der Waals surface area (Å²) in [4.78, 5) is 40.9. The maximum absolute atomic E-state index is 14.5. The Labute approximate surface area is 438 Å². The number of anilines is 2. The third-order valence-electron chi connectivity index (χ3n) is 17.5. The molecule has 2 saturated carbocycles. The monoisotopic (exact) mass is 1050 g/mol. The van der Waals surface area contributed by atoms with Crippen LogP contribution in [0.5, 0.6) is 23.1 Å². The summed E-state index contributed by atoms with van der Waals surface area (Å²) in [5.74, 6) is -0.0534. The van der Waals surface area contributed by atoms with Crippen molar-refractivity contribution in [1.82, 2.24) is 24.5 Å². The van der Waals surface area contributed by atoms with Gasteiger partial charge >= 0.3 is 0 Å². The second kappa shape index (κ2) is 20.2. The van der Waals surface area contributed by atoms with Crippen molar-refractivity contribution in [3.63, 3.8) is 0 Å². The number of fused-ring (bicyclic) bond motifs is 2. The van der Waals surface area contributed by atoms with E-state index < -0.39 is 37.0 Å². The van der Waals surface area contributed by atoms with Gasteiger partial charge < -0.3 is 39.6 Å². The number of likely N-dealkylation sites (tertiary alicyclic amines) is 2. The van der Waals surface area contributed by atoms with E-state index in [9.17, 15) is 33.5 Å². The topological polar surface area (TPSA) is 225 Å². The minimum absolute atomic E-state index is 0.0169. The smallest absolute Gasteiger partial charge is 0.297 e. The van der Waals surface area contributed by atoms with Crippen LogP contribution in [0.15, 0.2) is 77.8 Å². The number of nitro groups is 1. The molecule has 19 heteroatoms. The maximum atomic E-state index is 14.5. The quantitative estimate of drug-likeness (QED) is 0.0518. The average Bonchev–Trinajstić information content (AvgIpc) is 4.15. The molecule has 0 bridgehead atoms. The van der Waals surface area contributed by atoms with Crippen molar-refractivity contribution in [2.75, 3.05) is 56.7 Å². The lowest BCUT2D eigenvalue weighted by Gasteiger charge is -2.56. The number of hydrogen-bond acceptors (Lipinski definition) is 15. The van der Waals surface area contributed by atoms with E-state index in [0.29, 0.717) is 67.7 Å². The van der Waals surface area contributed by atoms with Crippen LogP contribution in [0.1, 0.15) is 125 Å². The summed E-state index contributed by atoms with van der Waals surface area (Å²) < 4.78 is 49.9. The first kappa shape index (κ1) is 51.1. The van der Waals surface area contributed by atoms with Gasteiger partial charge in [0, 0.05) is 79.7 Å². The van der Waals surface area contributed by atoms with Gasteiger partial charge in [0.25, 0.3) is 27.5 Å². The third-order valence-corrected chi connectivity index (χ3v) is 18.8. The number of carbonyl (C=O) groups is 1. The van der Waals surface area contributed by atoms with E-state index in [1.807, 2.05) is 18.0 Å². The molecule has 2 aliphatic carbocycles. The Bertz CT molecular complexity index is 3070. The number of amides is 1. The number of hydrogen-bond donors (Lipinski definition) is 5. The number of sulfonamides is 1. The van der Waals surface area contributed by atoms with Crippen molar-refractivity contribution in [2.24, 2.45) is 11.3 Å². The zero-order valence-electron chi connectivity index (χ0n) is 43.3. The number of ether oxygens (including phenoxy) is 3. The number of aromatic nitrogens is 2. The Hall–Kier alpha value is -5.99. The Kier molecular flexibility index (Phi) is 13.8. The van der Waals surface area contributed by atoms with Crippen LogP contribution in [0.3, 0.4) is 0 Å². The van der Waals surface area contributed by atoms with Crippen LogP contribution < -0.4 is 29.1 Å². The number of aliphatic hydroxyl groups is 2. The number of piperidine rings is 1. The van der Waals surface area contributed by atoms with Crippen molar-refractivity contribution < 1.29 is 42.6 Å². The van der Waals surface area contributed by atoms with Crippen molar-refractivity contribution in [3.8, 4) is 23.1 Å². The summed E-state index contributed by atoms with van der Waals surface area (Å²) in [5, 5.41) is 37.0. The average molecular weight is 1050 g/mol. The highest BCUT2D eigenvalue weighted by Crippen LogP contribution is 2.55. The summed E-state index contributed by atoms with van der Waals surface area (Å²) in [6.45, 7) is 9.71. The van der Waals surface area contributed by atoms with Crippen molar-refractivity contribution in [3.05, 3.63) is 99.7 Å². The first-order chi connectivity index (χ1) is 35.9. The van der Waals surface area contributed by atoms with Gasteiger partial charge in [-0.1, -0.05) is 38.1 Å². The molecule has 1 amide bonds. The van der Waals surface area contributed by atoms with E-state index in [0.717, 1.165) is 44.2 Å². The predicted octanol–water partition coefficient (Wildman–Crippen LogP) is 8.65. The van der Waals surface area contributed by atoms with Gasteiger partial charge in [0.2, 0.25) is 0 Å². The molecule has 6 heterocycles. The summed E-state index contributed by atoms with van der Waals surface area (Å²) in [6, 6.07) is 20.4. The minimum Gasteiger partial charge on any atom is -0.489 e. The number of H-pyrrole nitrogens is 1. The first-order valence-corrected chi connectivity index (χ1v) is 28.3. The van der Waals surface area contributed by atoms with E-state index >= 15 is 0 Å². The number of nitrogens with one attached hydrogen (secondary N) is 3. The van der Waals surface area contributed by atoms with Crippen LogP contribution in [0.2, 0.25) is 0 Å². The van der Waals surface area contributed by atoms with Crippen LogP contribution in [-0.4, -0.2) is 126 Å². The number of pyridine rings is 1. The largest absolute Gasteiger partial charge is 0.489 e. The molecular formula is C56H70N8O10S. The van der Waals surface area contributed by atoms with E-state index in [-0.39, 0.29) is 77.1 Å². The number of likely N-dealkylation sites (N-methyl/N-ethyl adjacent to an activating group) is 1. The van der Waals surface area contributed by atoms with E-state index in [1.54, 1.807) is 37.4 Å². The van der Waals surface area contributed by atoms with E-state index in [2.05, 4.69) is 62.9 Å². The molecule has 1 spiro atoms. The second-order valence-corrected chi connectivity index (χ2v) is 24.6. The molecule has 5 aromatic rings. The van der Waals surface area contributed by atoms with Crippen LogP contribution >= 0.6 is 0 Å². The molecule has 3 saturated heterocycles. The summed E-state index contributed by atoms with van der Waals surface area (Å²) >= 11 is 0. The van der Waals surface area contributed by atoms with Gasteiger partial charge in [0.1, 0.15) is 24.1 Å². The molecule has 11 rings (SSSR count). The highest BCUT2D eigenvalue weighted by Gasteiger charge is 2.50. The molecule has 400 valence electrons. The maximum Gasteiger partial charge on any atom is 0.297 e. The Morgan fingerprint density at radius 2 is 1.79 bits per heavy atom. The van der Waals surface area contributed by atoms with Gasteiger partial charge in [-0.05, 0) is 137 Å². The predicted molar refractivity (Wildman–Crippen MR) is 284 cm³/mol. The fourth-order valence-corrected chi connectivity index (χ4v) is 14.1. The fourth-order valence-electron chi connectivity index (χ4n) is 13.1. The second-order valence-electron chi connectivity index (χ2n) is 22.9. The SMILES string of the molecule is CC(C)c1ccccc1[C@@H]1CCCN1C1CC2(CCN(c3ccc(C(=O)NS(=O)(=O)c4cc5c(c([N+](=O)[O-])c4)N[C@@H]([C@H]4CC[C@](C)(O)CC4)CO5)c(Oc4cc5cc[nH]c5nc4O[C@@H]4C[C@@H](CO)N(C)C4)c3)CC2)C1. The van der Waals surface area contributed by atoms with Gasteiger partial charge in [-0.25, -0.2) is 13.1 Å². The number of aliphatic hydroxyl groups excluding tert-OH is 1. The van der Waals surface area contributed by atoms with E-state index in [1.165, 1.54) is 42.9 Å².